The van der Waals surface area contributed by atoms with Gasteiger partial charge in [-0.15, -0.1) is 11.3 Å². The van der Waals surface area contributed by atoms with Crippen molar-refractivity contribution < 1.29 is 9.47 Å². The van der Waals surface area contributed by atoms with E-state index >= 15 is 0 Å². The maximum absolute atomic E-state index is 6.14. The summed E-state index contributed by atoms with van der Waals surface area (Å²) in [5.74, 6) is 0. The predicted molar refractivity (Wildman–Crippen MR) is 97.6 cm³/mol. The van der Waals surface area contributed by atoms with Gasteiger partial charge in [0.2, 0.25) is 0 Å². The van der Waals surface area contributed by atoms with Crippen molar-refractivity contribution in [2.75, 3.05) is 19.7 Å². The first kappa shape index (κ1) is 17.1. The monoisotopic (exact) mass is 359 g/mol. The second-order valence-corrected chi connectivity index (χ2v) is 8.20. The van der Waals surface area contributed by atoms with E-state index in [0.29, 0.717) is 6.61 Å². The molecule has 1 spiro atoms. The molecule has 2 aliphatic heterocycles. The molecule has 1 atom stereocenters. The number of hydrogen-bond acceptors (Lipinski definition) is 6. The van der Waals surface area contributed by atoms with Gasteiger partial charge in [0.05, 0.1) is 30.6 Å². The highest BCUT2D eigenvalue weighted by atomic mass is 32.1. The van der Waals surface area contributed by atoms with E-state index in [1.54, 1.807) is 11.3 Å². The van der Waals surface area contributed by atoms with E-state index in [4.69, 9.17) is 9.47 Å². The number of nitrogens with zero attached hydrogens (tertiary/aromatic N) is 3. The van der Waals surface area contributed by atoms with Crippen LogP contribution in [0.3, 0.4) is 0 Å². The standard InChI is InChI=1S/C19H25N3O2S/c1-14-4-3-5-16(20-14)10-23-17-6-7-24-19(8-17)12-22(13-19)9-18-21-15(2)11-25-18/h3-5,11,17H,6-10,12-13H2,1-2H3. The first-order valence-corrected chi connectivity index (χ1v) is 9.80. The molecule has 0 aliphatic carbocycles. The molecule has 0 bridgehead atoms. The van der Waals surface area contributed by atoms with E-state index in [1.807, 2.05) is 32.0 Å². The fourth-order valence-electron chi connectivity index (χ4n) is 3.78. The van der Waals surface area contributed by atoms with Gasteiger partial charge in [-0.3, -0.25) is 9.88 Å². The first-order chi connectivity index (χ1) is 12.1. The lowest BCUT2D eigenvalue weighted by atomic mass is 9.84. The van der Waals surface area contributed by atoms with Crippen LogP contribution in [-0.4, -0.2) is 46.3 Å². The minimum Gasteiger partial charge on any atom is -0.372 e. The highest BCUT2D eigenvalue weighted by Gasteiger charge is 2.47. The van der Waals surface area contributed by atoms with Crippen LogP contribution in [-0.2, 0) is 22.6 Å². The van der Waals surface area contributed by atoms with Gasteiger partial charge in [0, 0.05) is 42.9 Å². The Morgan fingerprint density at radius 1 is 1.28 bits per heavy atom. The largest absolute Gasteiger partial charge is 0.372 e. The Kier molecular flexibility index (Phi) is 4.86. The highest BCUT2D eigenvalue weighted by molar-refractivity contribution is 7.09. The summed E-state index contributed by atoms with van der Waals surface area (Å²) >= 11 is 1.74. The zero-order valence-corrected chi connectivity index (χ0v) is 15.7. The van der Waals surface area contributed by atoms with Gasteiger partial charge < -0.3 is 9.47 Å². The van der Waals surface area contributed by atoms with E-state index in [9.17, 15) is 0 Å². The molecule has 0 radical (unpaired) electrons. The third-order valence-corrected chi connectivity index (χ3v) is 5.86. The summed E-state index contributed by atoms with van der Waals surface area (Å²) in [6.45, 7) is 8.33. The number of aromatic nitrogens is 2. The Balaban J connectivity index is 1.27. The molecule has 0 saturated carbocycles. The van der Waals surface area contributed by atoms with Crippen LogP contribution in [0.1, 0.15) is 34.9 Å². The van der Waals surface area contributed by atoms with Gasteiger partial charge in [0.25, 0.3) is 0 Å². The van der Waals surface area contributed by atoms with Gasteiger partial charge in [0.1, 0.15) is 5.01 Å². The van der Waals surface area contributed by atoms with Crippen LogP contribution in [0.5, 0.6) is 0 Å². The predicted octanol–water partition coefficient (Wildman–Crippen LogP) is 3.11. The normalized spacial score (nSPS) is 22.9. The average Bonchev–Trinajstić information content (AvgIpc) is 2.97. The van der Waals surface area contributed by atoms with Crippen molar-refractivity contribution >= 4 is 11.3 Å². The second kappa shape index (κ2) is 7.11. The summed E-state index contributed by atoms with van der Waals surface area (Å²) in [5.41, 5.74) is 3.14. The van der Waals surface area contributed by atoms with E-state index in [2.05, 4.69) is 20.2 Å². The number of rotatable bonds is 5. The van der Waals surface area contributed by atoms with E-state index < -0.39 is 0 Å². The molecular formula is C19H25N3O2S. The average molecular weight is 359 g/mol. The van der Waals surface area contributed by atoms with Crippen LogP contribution >= 0.6 is 11.3 Å². The third kappa shape index (κ3) is 4.08. The Morgan fingerprint density at radius 2 is 2.16 bits per heavy atom. The molecule has 2 saturated heterocycles. The SMILES string of the molecule is Cc1cccc(COC2CCOC3(C2)CN(Cc2nc(C)cs2)C3)n1. The maximum Gasteiger partial charge on any atom is 0.107 e. The van der Waals surface area contributed by atoms with Crippen molar-refractivity contribution in [3.05, 3.63) is 45.7 Å². The summed E-state index contributed by atoms with van der Waals surface area (Å²) in [6.07, 6.45) is 2.21. The van der Waals surface area contributed by atoms with Gasteiger partial charge in [0.15, 0.2) is 0 Å². The lowest BCUT2D eigenvalue weighted by Gasteiger charge is -2.53. The molecule has 2 aromatic rings. The molecule has 2 fully saturated rings. The number of ether oxygens (including phenoxy) is 2. The van der Waals surface area contributed by atoms with Crippen molar-refractivity contribution in [3.63, 3.8) is 0 Å². The van der Waals surface area contributed by atoms with Gasteiger partial charge in [-0.25, -0.2) is 4.98 Å². The Labute approximate surface area is 153 Å². The van der Waals surface area contributed by atoms with Crippen molar-refractivity contribution in [2.45, 2.75) is 51.5 Å². The molecule has 1 unspecified atom stereocenters. The molecule has 0 aromatic carbocycles. The van der Waals surface area contributed by atoms with Gasteiger partial charge in [-0.2, -0.15) is 0 Å². The third-order valence-electron chi connectivity index (χ3n) is 4.91. The van der Waals surface area contributed by atoms with Crippen LogP contribution in [0.4, 0.5) is 0 Å². The van der Waals surface area contributed by atoms with Crippen LogP contribution in [0.25, 0.3) is 0 Å². The minimum absolute atomic E-state index is 0.0186. The summed E-state index contributed by atoms with van der Waals surface area (Å²) in [6, 6.07) is 6.08. The molecule has 4 heterocycles. The van der Waals surface area contributed by atoms with Gasteiger partial charge in [-0.05, 0) is 32.4 Å². The fourth-order valence-corrected chi connectivity index (χ4v) is 4.59. The van der Waals surface area contributed by atoms with Crippen LogP contribution in [0.2, 0.25) is 0 Å². The second-order valence-electron chi connectivity index (χ2n) is 7.26. The minimum atomic E-state index is -0.0186. The lowest BCUT2D eigenvalue weighted by molar-refractivity contribution is -0.200. The lowest BCUT2D eigenvalue weighted by Crippen LogP contribution is -2.65. The molecule has 2 aliphatic rings. The van der Waals surface area contributed by atoms with Gasteiger partial charge >= 0.3 is 0 Å². The van der Waals surface area contributed by atoms with Crippen molar-refractivity contribution in [1.29, 1.82) is 0 Å². The smallest absolute Gasteiger partial charge is 0.107 e. The van der Waals surface area contributed by atoms with Crippen molar-refractivity contribution in [3.8, 4) is 0 Å². The van der Waals surface area contributed by atoms with E-state index in [0.717, 1.165) is 56.2 Å². The van der Waals surface area contributed by atoms with E-state index in [1.165, 1.54) is 5.01 Å². The van der Waals surface area contributed by atoms with Crippen LogP contribution < -0.4 is 0 Å². The Morgan fingerprint density at radius 3 is 2.92 bits per heavy atom. The molecule has 0 N–H and O–H groups in total. The van der Waals surface area contributed by atoms with Crippen molar-refractivity contribution in [2.24, 2.45) is 0 Å². The van der Waals surface area contributed by atoms with Crippen LogP contribution in [0.15, 0.2) is 23.6 Å². The number of thiazole rings is 1. The fraction of sp³-hybridized carbons (Fsp3) is 0.579. The molecule has 4 rings (SSSR count). The summed E-state index contributed by atoms with van der Waals surface area (Å²) in [4.78, 5) is 11.5. The van der Waals surface area contributed by atoms with Crippen molar-refractivity contribution in [1.82, 2.24) is 14.9 Å². The molecular weight excluding hydrogens is 334 g/mol. The molecule has 134 valence electrons. The number of aryl methyl sites for hydroxylation is 2. The number of likely N-dealkylation sites (tertiary alicyclic amines) is 1. The zero-order chi connectivity index (χ0) is 17.3. The molecule has 2 aromatic heterocycles. The molecule has 0 amide bonds. The molecule has 25 heavy (non-hydrogen) atoms. The molecule has 6 heteroatoms. The maximum atomic E-state index is 6.14. The van der Waals surface area contributed by atoms with Gasteiger partial charge in [-0.1, -0.05) is 6.07 Å². The van der Waals surface area contributed by atoms with E-state index in [-0.39, 0.29) is 11.7 Å². The number of hydrogen-bond donors (Lipinski definition) is 0. The summed E-state index contributed by atoms with van der Waals surface area (Å²) in [7, 11) is 0. The zero-order valence-electron chi connectivity index (χ0n) is 14.9. The molecule has 5 nitrogen and oxygen atoms in total. The Bertz CT molecular complexity index is 727. The summed E-state index contributed by atoms with van der Waals surface area (Å²) in [5, 5.41) is 3.31. The number of pyridine rings is 1. The quantitative estimate of drug-likeness (QED) is 0.821. The first-order valence-electron chi connectivity index (χ1n) is 8.92. The Hall–Kier alpha value is -1.34. The van der Waals surface area contributed by atoms with Crippen LogP contribution in [0, 0.1) is 13.8 Å². The highest BCUT2D eigenvalue weighted by Crippen LogP contribution is 2.36. The summed E-state index contributed by atoms with van der Waals surface area (Å²) < 4.78 is 12.3. The topological polar surface area (TPSA) is 47.5 Å².